The van der Waals surface area contributed by atoms with Gasteiger partial charge in [-0.3, -0.25) is 14.4 Å². The Hall–Kier alpha value is -1.89. The van der Waals surface area contributed by atoms with Crippen LogP contribution in [-0.2, 0) is 9.59 Å². The number of piperidine rings is 1. The van der Waals surface area contributed by atoms with Crippen LogP contribution in [0.3, 0.4) is 0 Å². The number of carbonyl (C=O) groups is 3. The summed E-state index contributed by atoms with van der Waals surface area (Å²) in [7, 11) is 0. The monoisotopic (exact) mass is 335 g/mol. The molecule has 0 unspecified atom stereocenters. The van der Waals surface area contributed by atoms with Gasteiger partial charge in [0.1, 0.15) is 5.54 Å². The molecule has 23 heavy (non-hydrogen) atoms. The van der Waals surface area contributed by atoms with E-state index < -0.39 is 5.54 Å². The first-order valence-corrected chi connectivity index (χ1v) is 8.69. The second-order valence-electron chi connectivity index (χ2n) is 6.73. The average molecular weight is 335 g/mol. The molecule has 6 nitrogen and oxygen atoms in total. The zero-order chi connectivity index (χ0) is 16.6. The average Bonchev–Trinajstić information content (AvgIpc) is 3.13. The Labute approximate surface area is 139 Å². The standard InChI is InChI=1S/C16H21N3O3S/c1-16(2,18-14(21)12-4-3-7-23-12)15(22)19-6-5-10-8-13(20)17-11(10)9-19/h3-4,7,10-11H,5-6,8-9H2,1-2H3,(H,17,20)(H,18,21)/t10-,11-/m1/s1. The number of nitrogens with zero attached hydrogens (tertiary/aromatic N) is 1. The molecule has 2 atom stereocenters. The normalized spacial score (nSPS) is 24.1. The summed E-state index contributed by atoms with van der Waals surface area (Å²) in [5.41, 5.74) is -0.976. The maximum absolute atomic E-state index is 12.8. The molecule has 3 amide bonds. The summed E-state index contributed by atoms with van der Waals surface area (Å²) in [5.74, 6) is 0.0549. The topological polar surface area (TPSA) is 78.5 Å². The molecule has 0 aromatic carbocycles. The number of amides is 3. The van der Waals surface area contributed by atoms with Crippen molar-refractivity contribution in [3.63, 3.8) is 0 Å². The predicted molar refractivity (Wildman–Crippen MR) is 87.1 cm³/mol. The van der Waals surface area contributed by atoms with Crippen molar-refractivity contribution >= 4 is 29.1 Å². The van der Waals surface area contributed by atoms with E-state index in [1.54, 1.807) is 24.8 Å². The lowest BCUT2D eigenvalue weighted by atomic mass is 9.91. The van der Waals surface area contributed by atoms with Gasteiger partial charge in [0.15, 0.2) is 0 Å². The Bertz CT molecular complexity index is 627. The number of nitrogens with one attached hydrogen (secondary N) is 2. The number of thiophene rings is 1. The summed E-state index contributed by atoms with van der Waals surface area (Å²) in [5, 5.41) is 7.58. The zero-order valence-electron chi connectivity index (χ0n) is 13.3. The fourth-order valence-corrected chi connectivity index (χ4v) is 3.92. The van der Waals surface area contributed by atoms with E-state index in [4.69, 9.17) is 0 Å². The fraction of sp³-hybridized carbons (Fsp3) is 0.562. The van der Waals surface area contributed by atoms with E-state index in [1.807, 2.05) is 11.4 Å². The Balaban J connectivity index is 1.64. The third kappa shape index (κ3) is 3.24. The molecule has 0 aliphatic carbocycles. The van der Waals surface area contributed by atoms with E-state index >= 15 is 0 Å². The summed E-state index contributed by atoms with van der Waals surface area (Å²) >= 11 is 1.35. The number of carbonyl (C=O) groups excluding carboxylic acids is 3. The molecule has 124 valence electrons. The minimum absolute atomic E-state index is 0.0454. The van der Waals surface area contributed by atoms with Crippen LogP contribution in [0.2, 0.25) is 0 Å². The molecule has 0 bridgehead atoms. The molecule has 0 saturated carbocycles. The molecule has 7 heteroatoms. The summed E-state index contributed by atoms with van der Waals surface area (Å²) in [6.45, 7) is 4.60. The molecule has 0 spiro atoms. The SMILES string of the molecule is CC(C)(NC(=O)c1cccs1)C(=O)N1CC[C@@H]2CC(=O)N[C@@H]2C1. The van der Waals surface area contributed by atoms with Gasteiger partial charge in [-0.1, -0.05) is 6.07 Å². The number of fused-ring (bicyclic) bond motifs is 1. The highest BCUT2D eigenvalue weighted by atomic mass is 32.1. The number of likely N-dealkylation sites (tertiary alicyclic amines) is 1. The van der Waals surface area contributed by atoms with Crippen LogP contribution in [0.1, 0.15) is 36.4 Å². The predicted octanol–water partition coefficient (Wildman–Crippen LogP) is 0.993. The Morgan fingerprint density at radius 3 is 2.91 bits per heavy atom. The Morgan fingerprint density at radius 1 is 1.43 bits per heavy atom. The maximum Gasteiger partial charge on any atom is 0.262 e. The van der Waals surface area contributed by atoms with Gasteiger partial charge in [0.2, 0.25) is 11.8 Å². The Morgan fingerprint density at radius 2 is 2.22 bits per heavy atom. The van der Waals surface area contributed by atoms with Crippen LogP contribution >= 0.6 is 11.3 Å². The summed E-state index contributed by atoms with van der Waals surface area (Å²) in [6.07, 6.45) is 1.38. The molecular formula is C16H21N3O3S. The Kier molecular flexibility index (Phi) is 4.14. The lowest BCUT2D eigenvalue weighted by Gasteiger charge is -2.38. The molecule has 2 saturated heterocycles. The van der Waals surface area contributed by atoms with E-state index in [2.05, 4.69) is 10.6 Å². The van der Waals surface area contributed by atoms with Crippen molar-refractivity contribution in [1.82, 2.24) is 15.5 Å². The first-order chi connectivity index (χ1) is 10.9. The lowest BCUT2D eigenvalue weighted by molar-refractivity contribution is -0.138. The number of hydrogen-bond acceptors (Lipinski definition) is 4. The highest BCUT2D eigenvalue weighted by Gasteiger charge is 2.41. The van der Waals surface area contributed by atoms with Gasteiger partial charge in [0.25, 0.3) is 5.91 Å². The second-order valence-corrected chi connectivity index (χ2v) is 7.68. The van der Waals surface area contributed by atoms with Crippen molar-refractivity contribution in [1.29, 1.82) is 0 Å². The molecule has 2 aliphatic heterocycles. The molecule has 2 N–H and O–H groups in total. The largest absolute Gasteiger partial charge is 0.351 e. The van der Waals surface area contributed by atoms with Crippen molar-refractivity contribution in [2.75, 3.05) is 13.1 Å². The van der Waals surface area contributed by atoms with Gasteiger partial charge in [-0.2, -0.15) is 0 Å². The fourth-order valence-electron chi connectivity index (χ4n) is 3.30. The van der Waals surface area contributed by atoms with Gasteiger partial charge in [-0.25, -0.2) is 0 Å². The van der Waals surface area contributed by atoms with E-state index in [1.165, 1.54) is 11.3 Å². The molecule has 2 fully saturated rings. The van der Waals surface area contributed by atoms with E-state index in [0.29, 0.717) is 30.3 Å². The van der Waals surface area contributed by atoms with Crippen molar-refractivity contribution in [3.8, 4) is 0 Å². The second kappa shape index (κ2) is 5.96. The van der Waals surface area contributed by atoms with Crippen LogP contribution in [-0.4, -0.2) is 47.3 Å². The van der Waals surface area contributed by atoms with Crippen LogP contribution in [0.25, 0.3) is 0 Å². The molecule has 0 radical (unpaired) electrons. The van der Waals surface area contributed by atoms with Crippen molar-refractivity contribution in [3.05, 3.63) is 22.4 Å². The third-order valence-corrected chi connectivity index (χ3v) is 5.41. The summed E-state index contributed by atoms with van der Waals surface area (Å²) in [4.78, 5) is 38.8. The first kappa shape index (κ1) is 16.0. The zero-order valence-corrected chi connectivity index (χ0v) is 14.1. The maximum atomic E-state index is 12.8. The van der Waals surface area contributed by atoms with E-state index in [-0.39, 0.29) is 23.8 Å². The lowest BCUT2D eigenvalue weighted by Crippen LogP contribution is -2.59. The quantitative estimate of drug-likeness (QED) is 0.865. The smallest absolute Gasteiger partial charge is 0.262 e. The number of rotatable bonds is 3. The van der Waals surface area contributed by atoms with Gasteiger partial charge >= 0.3 is 0 Å². The van der Waals surface area contributed by atoms with Crippen molar-refractivity contribution < 1.29 is 14.4 Å². The number of hydrogen-bond donors (Lipinski definition) is 2. The minimum atomic E-state index is -0.976. The molecule has 1 aromatic heterocycles. The first-order valence-electron chi connectivity index (χ1n) is 7.81. The van der Waals surface area contributed by atoms with Gasteiger partial charge < -0.3 is 15.5 Å². The van der Waals surface area contributed by atoms with Gasteiger partial charge in [0.05, 0.1) is 4.88 Å². The summed E-state index contributed by atoms with van der Waals surface area (Å²) < 4.78 is 0. The van der Waals surface area contributed by atoms with Crippen molar-refractivity contribution in [2.24, 2.45) is 5.92 Å². The molecular weight excluding hydrogens is 314 g/mol. The summed E-state index contributed by atoms with van der Waals surface area (Å²) in [6, 6.07) is 3.59. The molecule has 2 aliphatic rings. The van der Waals surface area contributed by atoms with Gasteiger partial charge in [-0.15, -0.1) is 11.3 Å². The highest BCUT2D eigenvalue weighted by molar-refractivity contribution is 7.12. The third-order valence-electron chi connectivity index (χ3n) is 4.54. The van der Waals surface area contributed by atoms with Gasteiger partial charge in [0, 0.05) is 25.6 Å². The van der Waals surface area contributed by atoms with Crippen LogP contribution in [0, 0.1) is 5.92 Å². The van der Waals surface area contributed by atoms with Gasteiger partial charge in [-0.05, 0) is 37.6 Å². The minimum Gasteiger partial charge on any atom is -0.351 e. The molecule has 3 rings (SSSR count). The van der Waals surface area contributed by atoms with Crippen LogP contribution in [0.4, 0.5) is 0 Å². The van der Waals surface area contributed by atoms with Crippen LogP contribution in [0.5, 0.6) is 0 Å². The molecule has 1 aromatic rings. The van der Waals surface area contributed by atoms with E-state index in [0.717, 1.165) is 6.42 Å². The highest BCUT2D eigenvalue weighted by Crippen LogP contribution is 2.27. The van der Waals surface area contributed by atoms with Crippen LogP contribution < -0.4 is 10.6 Å². The van der Waals surface area contributed by atoms with Crippen LogP contribution in [0.15, 0.2) is 17.5 Å². The van der Waals surface area contributed by atoms with E-state index in [9.17, 15) is 14.4 Å². The molecule has 3 heterocycles. The van der Waals surface area contributed by atoms with Crippen molar-refractivity contribution in [2.45, 2.75) is 38.3 Å².